The van der Waals surface area contributed by atoms with E-state index in [0.717, 1.165) is 5.56 Å². The molecule has 176 valence electrons. The SMILES string of the molecule is CCNC(=O)c1cccc(CN=C(NCC)NCC(C)(C)NC(=O)OC(C)(C)C)c1.I. The molecule has 0 spiro atoms. The Morgan fingerprint density at radius 1 is 1.00 bits per heavy atom. The highest BCUT2D eigenvalue weighted by atomic mass is 127. The van der Waals surface area contributed by atoms with E-state index in [2.05, 4.69) is 26.3 Å². The van der Waals surface area contributed by atoms with Crippen molar-refractivity contribution in [3.05, 3.63) is 35.4 Å². The van der Waals surface area contributed by atoms with Crippen LogP contribution in [-0.2, 0) is 11.3 Å². The van der Waals surface area contributed by atoms with Gasteiger partial charge in [-0.3, -0.25) is 4.79 Å². The third-order valence-electron chi connectivity index (χ3n) is 3.83. The zero-order valence-corrected chi connectivity index (χ0v) is 22.0. The van der Waals surface area contributed by atoms with E-state index in [1.807, 2.05) is 66.7 Å². The number of guanidine groups is 1. The zero-order valence-electron chi connectivity index (χ0n) is 19.7. The molecule has 8 nitrogen and oxygen atoms in total. The first kappa shape index (κ1) is 29.0. The average Bonchev–Trinajstić information content (AvgIpc) is 2.62. The topological polar surface area (TPSA) is 104 Å². The molecule has 31 heavy (non-hydrogen) atoms. The fourth-order valence-electron chi connectivity index (χ4n) is 2.51. The lowest BCUT2D eigenvalue weighted by molar-refractivity contribution is 0.0473. The van der Waals surface area contributed by atoms with E-state index in [-0.39, 0.29) is 29.9 Å². The number of amides is 2. The maximum absolute atomic E-state index is 12.0. The van der Waals surface area contributed by atoms with Crippen LogP contribution < -0.4 is 21.3 Å². The monoisotopic (exact) mass is 547 g/mol. The van der Waals surface area contributed by atoms with Crippen LogP contribution in [0.2, 0.25) is 0 Å². The van der Waals surface area contributed by atoms with Crippen LogP contribution in [-0.4, -0.2) is 48.7 Å². The molecule has 1 aromatic rings. The smallest absolute Gasteiger partial charge is 0.408 e. The Bertz CT molecular complexity index is 745. The van der Waals surface area contributed by atoms with E-state index in [1.165, 1.54) is 0 Å². The number of carbonyl (C=O) groups excluding carboxylic acids is 2. The van der Waals surface area contributed by atoms with Gasteiger partial charge in [-0.2, -0.15) is 0 Å². The Hall–Kier alpha value is -2.04. The maximum atomic E-state index is 12.0. The average molecular weight is 547 g/mol. The van der Waals surface area contributed by atoms with Gasteiger partial charge in [-0.15, -0.1) is 24.0 Å². The van der Waals surface area contributed by atoms with E-state index in [4.69, 9.17) is 4.74 Å². The van der Waals surface area contributed by atoms with Crippen molar-refractivity contribution in [2.45, 2.75) is 66.2 Å². The predicted octanol–water partition coefficient (Wildman–Crippen LogP) is 3.41. The van der Waals surface area contributed by atoms with Crippen LogP contribution in [0.1, 0.15) is 64.4 Å². The minimum absolute atomic E-state index is 0. The van der Waals surface area contributed by atoms with E-state index >= 15 is 0 Å². The molecule has 0 fully saturated rings. The second kappa shape index (κ2) is 13.4. The number of halogens is 1. The number of benzene rings is 1. The molecule has 0 radical (unpaired) electrons. The fourth-order valence-corrected chi connectivity index (χ4v) is 2.51. The molecule has 1 aromatic carbocycles. The molecule has 0 aliphatic rings. The van der Waals surface area contributed by atoms with Gasteiger partial charge in [0.15, 0.2) is 5.96 Å². The van der Waals surface area contributed by atoms with Gasteiger partial charge in [-0.05, 0) is 66.2 Å². The first-order chi connectivity index (χ1) is 14.0. The highest BCUT2D eigenvalue weighted by molar-refractivity contribution is 14.0. The molecule has 0 saturated carbocycles. The molecule has 0 bridgehead atoms. The second-order valence-electron chi connectivity index (χ2n) is 8.62. The summed E-state index contributed by atoms with van der Waals surface area (Å²) in [6.45, 7) is 15.3. The Morgan fingerprint density at radius 3 is 2.23 bits per heavy atom. The van der Waals surface area contributed by atoms with Crippen molar-refractivity contribution >= 4 is 41.9 Å². The number of hydrogen-bond donors (Lipinski definition) is 4. The fraction of sp³-hybridized carbons (Fsp3) is 0.591. The number of hydrogen-bond acceptors (Lipinski definition) is 4. The van der Waals surface area contributed by atoms with E-state index in [9.17, 15) is 9.59 Å². The molecule has 0 aliphatic carbocycles. The highest BCUT2D eigenvalue weighted by Gasteiger charge is 2.24. The predicted molar refractivity (Wildman–Crippen MR) is 136 cm³/mol. The molecule has 0 unspecified atom stereocenters. The van der Waals surface area contributed by atoms with Crippen LogP contribution in [0.25, 0.3) is 0 Å². The van der Waals surface area contributed by atoms with Crippen molar-refractivity contribution in [3.63, 3.8) is 0 Å². The maximum Gasteiger partial charge on any atom is 0.408 e. The summed E-state index contributed by atoms with van der Waals surface area (Å²) in [5.74, 6) is 0.531. The normalized spacial score (nSPS) is 11.8. The molecular weight excluding hydrogens is 509 g/mol. The third-order valence-corrected chi connectivity index (χ3v) is 3.83. The van der Waals surface area contributed by atoms with Crippen LogP contribution in [0.5, 0.6) is 0 Å². The van der Waals surface area contributed by atoms with E-state index in [1.54, 1.807) is 6.07 Å². The van der Waals surface area contributed by atoms with Crippen molar-refractivity contribution in [1.82, 2.24) is 21.3 Å². The van der Waals surface area contributed by atoms with Crippen LogP contribution in [0, 0.1) is 0 Å². The Morgan fingerprint density at radius 2 is 1.65 bits per heavy atom. The van der Waals surface area contributed by atoms with Gasteiger partial charge < -0.3 is 26.0 Å². The summed E-state index contributed by atoms with van der Waals surface area (Å²) < 4.78 is 5.32. The van der Waals surface area contributed by atoms with Gasteiger partial charge in [0, 0.05) is 25.2 Å². The quantitative estimate of drug-likeness (QED) is 0.227. The molecule has 0 heterocycles. The van der Waals surface area contributed by atoms with Gasteiger partial charge in [0.2, 0.25) is 0 Å². The number of aliphatic imine (C=N–C) groups is 1. The number of carbonyl (C=O) groups is 2. The van der Waals surface area contributed by atoms with Gasteiger partial charge >= 0.3 is 6.09 Å². The van der Waals surface area contributed by atoms with E-state index in [0.29, 0.717) is 37.7 Å². The van der Waals surface area contributed by atoms with Crippen LogP contribution in [0.4, 0.5) is 4.79 Å². The van der Waals surface area contributed by atoms with Gasteiger partial charge in [-0.25, -0.2) is 9.79 Å². The highest BCUT2D eigenvalue weighted by Crippen LogP contribution is 2.09. The number of rotatable bonds is 8. The molecule has 0 saturated heterocycles. The number of nitrogens with zero attached hydrogens (tertiary/aromatic N) is 1. The third kappa shape index (κ3) is 12.4. The lowest BCUT2D eigenvalue weighted by atomic mass is 10.1. The Balaban J connectivity index is 0.00000900. The van der Waals surface area contributed by atoms with Crippen molar-refractivity contribution in [3.8, 4) is 0 Å². The molecular formula is C22H38IN5O3. The number of alkyl carbamates (subject to hydrolysis) is 1. The summed E-state index contributed by atoms with van der Waals surface area (Å²) in [5, 5.41) is 12.1. The molecule has 4 N–H and O–H groups in total. The van der Waals surface area contributed by atoms with Gasteiger partial charge in [-0.1, -0.05) is 12.1 Å². The van der Waals surface area contributed by atoms with Gasteiger partial charge in [0.25, 0.3) is 5.91 Å². The summed E-state index contributed by atoms with van der Waals surface area (Å²) in [6.07, 6.45) is -0.460. The number of ether oxygens (including phenoxy) is 1. The van der Waals surface area contributed by atoms with Crippen LogP contribution >= 0.6 is 24.0 Å². The molecule has 0 aliphatic heterocycles. The zero-order chi connectivity index (χ0) is 22.8. The van der Waals surface area contributed by atoms with Gasteiger partial charge in [0.1, 0.15) is 5.60 Å². The standard InChI is InChI=1S/C22H37N5O3.HI/c1-8-23-18(28)17-12-10-11-16(13-17)14-25-19(24-9-2)26-15-22(6,7)27-20(29)30-21(3,4)5;/h10-13H,8-9,14-15H2,1-7H3,(H,23,28)(H,27,29)(H2,24,25,26);1H. The summed E-state index contributed by atoms with van der Waals surface area (Å²) in [4.78, 5) is 28.6. The first-order valence-corrected chi connectivity index (χ1v) is 10.4. The van der Waals surface area contributed by atoms with Gasteiger partial charge in [0.05, 0.1) is 12.1 Å². The Kier molecular flexibility index (Phi) is 12.5. The minimum Gasteiger partial charge on any atom is -0.444 e. The molecule has 0 atom stereocenters. The Labute approximate surface area is 203 Å². The lowest BCUT2D eigenvalue weighted by Crippen LogP contribution is -2.54. The number of nitrogens with one attached hydrogen (secondary N) is 4. The summed E-state index contributed by atoms with van der Waals surface area (Å²) in [6, 6.07) is 7.41. The summed E-state index contributed by atoms with van der Waals surface area (Å²) in [7, 11) is 0. The summed E-state index contributed by atoms with van der Waals surface area (Å²) in [5.41, 5.74) is 0.454. The largest absolute Gasteiger partial charge is 0.444 e. The minimum atomic E-state index is -0.549. The lowest BCUT2D eigenvalue weighted by Gasteiger charge is -2.29. The molecule has 1 rings (SSSR count). The van der Waals surface area contributed by atoms with Crippen molar-refractivity contribution < 1.29 is 14.3 Å². The van der Waals surface area contributed by atoms with Crippen LogP contribution in [0.3, 0.4) is 0 Å². The van der Waals surface area contributed by atoms with Crippen molar-refractivity contribution in [2.75, 3.05) is 19.6 Å². The van der Waals surface area contributed by atoms with E-state index < -0.39 is 17.2 Å². The van der Waals surface area contributed by atoms with Crippen molar-refractivity contribution in [1.29, 1.82) is 0 Å². The summed E-state index contributed by atoms with van der Waals surface area (Å²) >= 11 is 0. The second-order valence-corrected chi connectivity index (χ2v) is 8.62. The molecule has 2 amide bonds. The first-order valence-electron chi connectivity index (χ1n) is 10.4. The van der Waals surface area contributed by atoms with Crippen molar-refractivity contribution in [2.24, 2.45) is 4.99 Å². The molecule has 9 heteroatoms. The molecule has 0 aromatic heterocycles. The van der Waals surface area contributed by atoms with Crippen LogP contribution in [0.15, 0.2) is 29.3 Å².